The third kappa shape index (κ3) is 5.50. The van der Waals surface area contributed by atoms with Crippen molar-refractivity contribution in [3.8, 4) is 0 Å². The molecule has 0 bridgehead atoms. The molecule has 2 nitrogen and oxygen atoms in total. The molecule has 0 N–H and O–H groups in total. The van der Waals surface area contributed by atoms with E-state index >= 15 is 0 Å². The van der Waals surface area contributed by atoms with Gasteiger partial charge >= 0.3 is 6.18 Å². The Kier molecular flexibility index (Phi) is 5.39. The Morgan fingerprint density at radius 2 is 2.12 bits per heavy atom. The van der Waals surface area contributed by atoms with E-state index in [-0.39, 0.29) is 6.54 Å². The summed E-state index contributed by atoms with van der Waals surface area (Å²) in [6.07, 6.45) is -1.87. The van der Waals surface area contributed by atoms with E-state index in [1.807, 2.05) is 18.2 Å². The highest BCUT2D eigenvalue weighted by molar-refractivity contribution is 9.09. The first-order chi connectivity index (χ1) is 7.89. The minimum atomic E-state index is -4.20. The van der Waals surface area contributed by atoms with E-state index in [4.69, 9.17) is 0 Å². The van der Waals surface area contributed by atoms with Crippen molar-refractivity contribution in [3.63, 3.8) is 0 Å². The molecule has 0 aromatic carbocycles. The van der Waals surface area contributed by atoms with Gasteiger partial charge < -0.3 is 4.90 Å². The zero-order valence-corrected chi connectivity index (χ0v) is 11.0. The fraction of sp³-hybridized carbons (Fsp3) is 0.545. The Bertz CT molecular complexity index is 329. The second-order valence-electron chi connectivity index (χ2n) is 3.84. The lowest BCUT2D eigenvalue weighted by Gasteiger charge is -2.21. The summed E-state index contributed by atoms with van der Waals surface area (Å²) in [6, 6.07) is 5.54. The molecule has 1 rings (SSSR count). The fourth-order valence-corrected chi connectivity index (χ4v) is 1.81. The number of hydrogen-bond acceptors (Lipinski definition) is 2. The van der Waals surface area contributed by atoms with Crippen LogP contribution in [0.25, 0.3) is 0 Å². The molecule has 0 saturated carbocycles. The topological polar surface area (TPSA) is 16.1 Å². The fourth-order valence-electron chi connectivity index (χ4n) is 1.32. The first-order valence-electron chi connectivity index (χ1n) is 5.19. The van der Waals surface area contributed by atoms with E-state index < -0.39 is 11.0 Å². The van der Waals surface area contributed by atoms with Crippen molar-refractivity contribution in [2.75, 3.05) is 20.1 Å². The maximum absolute atomic E-state index is 12.3. The van der Waals surface area contributed by atoms with Gasteiger partial charge in [0, 0.05) is 31.4 Å². The van der Waals surface area contributed by atoms with Gasteiger partial charge in [0.2, 0.25) is 0 Å². The number of likely N-dealkylation sites (N-methyl/N-ethyl adjacent to an activating group) is 1. The SMILES string of the molecule is CN(CCc1ccccn1)CC(Br)C(F)(F)F. The molecule has 1 unspecified atom stereocenters. The first-order valence-corrected chi connectivity index (χ1v) is 6.10. The van der Waals surface area contributed by atoms with E-state index in [0.29, 0.717) is 13.0 Å². The molecule has 0 amide bonds. The van der Waals surface area contributed by atoms with Crippen molar-refractivity contribution in [1.29, 1.82) is 0 Å². The van der Waals surface area contributed by atoms with Crippen LogP contribution in [0.1, 0.15) is 5.69 Å². The molecule has 6 heteroatoms. The molecule has 0 fully saturated rings. The number of hydrogen-bond donors (Lipinski definition) is 0. The number of halogens is 4. The highest BCUT2D eigenvalue weighted by Gasteiger charge is 2.37. The maximum Gasteiger partial charge on any atom is 0.402 e. The van der Waals surface area contributed by atoms with Gasteiger partial charge in [-0.1, -0.05) is 22.0 Å². The molecule has 1 aromatic rings. The Balaban J connectivity index is 2.33. The van der Waals surface area contributed by atoms with Crippen molar-refractivity contribution in [3.05, 3.63) is 30.1 Å². The van der Waals surface area contributed by atoms with Crippen molar-refractivity contribution in [2.45, 2.75) is 17.4 Å². The number of pyridine rings is 1. The zero-order valence-electron chi connectivity index (χ0n) is 9.41. The van der Waals surface area contributed by atoms with Crippen LogP contribution in [0, 0.1) is 0 Å². The minimum absolute atomic E-state index is 0.0592. The third-order valence-electron chi connectivity index (χ3n) is 2.30. The minimum Gasteiger partial charge on any atom is -0.305 e. The molecular formula is C11H14BrF3N2. The molecule has 1 aromatic heterocycles. The molecule has 0 spiro atoms. The molecule has 1 atom stereocenters. The van der Waals surface area contributed by atoms with Gasteiger partial charge in [-0.05, 0) is 19.2 Å². The highest BCUT2D eigenvalue weighted by atomic mass is 79.9. The van der Waals surface area contributed by atoms with E-state index in [2.05, 4.69) is 20.9 Å². The summed E-state index contributed by atoms with van der Waals surface area (Å²) in [5, 5.41) is 0. The van der Waals surface area contributed by atoms with Gasteiger partial charge in [-0.3, -0.25) is 4.98 Å². The van der Waals surface area contributed by atoms with Gasteiger partial charge in [-0.2, -0.15) is 13.2 Å². The number of nitrogens with zero attached hydrogens (tertiary/aromatic N) is 2. The lowest BCUT2D eigenvalue weighted by molar-refractivity contribution is -0.129. The van der Waals surface area contributed by atoms with Crippen molar-refractivity contribution >= 4 is 15.9 Å². The summed E-state index contributed by atoms with van der Waals surface area (Å²) in [5.74, 6) is 0. The summed E-state index contributed by atoms with van der Waals surface area (Å²) >= 11 is 2.64. The van der Waals surface area contributed by atoms with Crippen molar-refractivity contribution in [2.24, 2.45) is 0 Å². The number of aromatic nitrogens is 1. The van der Waals surface area contributed by atoms with Crippen LogP contribution in [0.15, 0.2) is 24.4 Å². The van der Waals surface area contributed by atoms with Gasteiger partial charge in [0.25, 0.3) is 0 Å². The van der Waals surface area contributed by atoms with Crippen molar-refractivity contribution < 1.29 is 13.2 Å². The average Bonchev–Trinajstić information content (AvgIpc) is 2.26. The quantitative estimate of drug-likeness (QED) is 0.777. The number of rotatable bonds is 5. The zero-order chi connectivity index (χ0) is 12.9. The van der Waals surface area contributed by atoms with E-state index in [1.165, 1.54) is 0 Å². The van der Waals surface area contributed by atoms with Crippen LogP contribution in [0.5, 0.6) is 0 Å². The van der Waals surface area contributed by atoms with Gasteiger partial charge in [0.1, 0.15) is 4.83 Å². The van der Waals surface area contributed by atoms with Crippen LogP contribution in [0.3, 0.4) is 0 Å². The first kappa shape index (κ1) is 14.4. The average molecular weight is 311 g/mol. The van der Waals surface area contributed by atoms with E-state index in [1.54, 1.807) is 18.1 Å². The monoisotopic (exact) mass is 310 g/mol. The summed E-state index contributed by atoms with van der Waals surface area (Å²) < 4.78 is 36.9. The predicted molar refractivity (Wildman–Crippen MR) is 64.2 cm³/mol. The lowest BCUT2D eigenvalue weighted by Crippen LogP contribution is -2.36. The number of alkyl halides is 4. The Hall–Kier alpha value is -0.620. The Labute approximate surface area is 107 Å². The maximum atomic E-state index is 12.3. The van der Waals surface area contributed by atoms with Crippen LogP contribution in [-0.2, 0) is 6.42 Å². The Morgan fingerprint density at radius 3 is 2.65 bits per heavy atom. The molecule has 0 aliphatic heterocycles. The largest absolute Gasteiger partial charge is 0.402 e. The molecule has 0 saturated heterocycles. The third-order valence-corrected chi connectivity index (χ3v) is 3.11. The molecule has 0 aliphatic rings. The van der Waals surface area contributed by atoms with E-state index in [0.717, 1.165) is 5.69 Å². The van der Waals surface area contributed by atoms with Crippen LogP contribution in [0.2, 0.25) is 0 Å². The van der Waals surface area contributed by atoms with Gasteiger partial charge in [0.05, 0.1) is 0 Å². The van der Waals surface area contributed by atoms with Gasteiger partial charge in [-0.15, -0.1) is 0 Å². The molecule has 17 heavy (non-hydrogen) atoms. The van der Waals surface area contributed by atoms with Gasteiger partial charge in [-0.25, -0.2) is 0 Å². The second kappa shape index (κ2) is 6.35. The smallest absolute Gasteiger partial charge is 0.305 e. The standard InChI is InChI=1S/C11H14BrF3N2/c1-17(8-10(12)11(13,14)15)7-5-9-4-2-3-6-16-9/h2-4,6,10H,5,7-8H2,1H3. The summed E-state index contributed by atoms with van der Waals surface area (Å²) in [4.78, 5) is 4.28. The van der Waals surface area contributed by atoms with Gasteiger partial charge in [0.15, 0.2) is 0 Å². The van der Waals surface area contributed by atoms with Crippen LogP contribution in [-0.4, -0.2) is 41.0 Å². The summed E-state index contributed by atoms with van der Waals surface area (Å²) in [7, 11) is 1.67. The van der Waals surface area contributed by atoms with Crippen LogP contribution < -0.4 is 0 Å². The molecule has 1 heterocycles. The van der Waals surface area contributed by atoms with E-state index in [9.17, 15) is 13.2 Å². The highest BCUT2D eigenvalue weighted by Crippen LogP contribution is 2.26. The van der Waals surface area contributed by atoms with Crippen LogP contribution in [0.4, 0.5) is 13.2 Å². The molecule has 96 valence electrons. The normalized spacial score (nSPS) is 14.0. The second-order valence-corrected chi connectivity index (χ2v) is 4.95. The predicted octanol–water partition coefficient (Wildman–Crippen LogP) is 2.88. The molecule has 0 aliphatic carbocycles. The lowest BCUT2D eigenvalue weighted by atomic mass is 10.2. The Morgan fingerprint density at radius 1 is 1.41 bits per heavy atom. The summed E-state index contributed by atoms with van der Waals surface area (Å²) in [5.41, 5.74) is 0.887. The molecular weight excluding hydrogens is 297 g/mol. The van der Waals surface area contributed by atoms with Crippen LogP contribution >= 0.6 is 15.9 Å². The van der Waals surface area contributed by atoms with Crippen molar-refractivity contribution in [1.82, 2.24) is 9.88 Å². The molecule has 0 radical (unpaired) electrons. The summed E-state index contributed by atoms with van der Waals surface area (Å²) in [6.45, 7) is 0.492.